The molecule has 18 heavy (non-hydrogen) atoms. The minimum atomic E-state index is -0.968. The zero-order valence-corrected chi connectivity index (χ0v) is 10.5. The van der Waals surface area contributed by atoms with E-state index >= 15 is 0 Å². The van der Waals surface area contributed by atoms with Gasteiger partial charge in [0.15, 0.2) is 0 Å². The van der Waals surface area contributed by atoms with Gasteiger partial charge in [0, 0.05) is 18.8 Å². The zero-order valence-electron chi connectivity index (χ0n) is 10.5. The van der Waals surface area contributed by atoms with Crippen LogP contribution >= 0.6 is 0 Å². The molecule has 0 unspecified atom stereocenters. The second-order valence-electron chi connectivity index (χ2n) is 4.58. The van der Waals surface area contributed by atoms with Crippen LogP contribution in [0.1, 0.15) is 28.9 Å². The lowest BCUT2D eigenvalue weighted by atomic mass is 10.0. The lowest BCUT2D eigenvalue weighted by Crippen LogP contribution is -2.41. The van der Waals surface area contributed by atoms with Crippen molar-refractivity contribution in [3.8, 4) is 0 Å². The van der Waals surface area contributed by atoms with Crippen LogP contribution in [0.5, 0.6) is 0 Å². The Morgan fingerprint density at radius 1 is 1.56 bits per heavy atom. The summed E-state index contributed by atoms with van der Waals surface area (Å²) >= 11 is 0. The fourth-order valence-corrected chi connectivity index (χ4v) is 2.27. The first kappa shape index (κ1) is 12.9. The molecule has 2 rings (SSSR count). The number of nitrogens with one attached hydrogen (secondary N) is 1. The van der Waals surface area contributed by atoms with E-state index in [1.54, 1.807) is 0 Å². The Morgan fingerprint density at radius 3 is 2.94 bits per heavy atom. The van der Waals surface area contributed by atoms with E-state index in [4.69, 9.17) is 5.11 Å². The van der Waals surface area contributed by atoms with Crippen LogP contribution in [0.25, 0.3) is 0 Å². The molecule has 6 heteroatoms. The summed E-state index contributed by atoms with van der Waals surface area (Å²) in [4.78, 5) is 21.1. The molecule has 0 saturated carbocycles. The molecule has 1 fully saturated rings. The van der Waals surface area contributed by atoms with Crippen molar-refractivity contribution in [1.29, 1.82) is 0 Å². The van der Waals surface area contributed by atoms with Crippen LogP contribution in [0.15, 0.2) is 12.5 Å². The minimum absolute atomic E-state index is 0.193. The molecule has 1 saturated heterocycles. The number of aromatic nitrogens is 2. The molecule has 0 spiro atoms. The number of rotatable bonds is 4. The summed E-state index contributed by atoms with van der Waals surface area (Å²) in [5, 5.41) is 12.4. The Morgan fingerprint density at radius 2 is 2.28 bits per heavy atom. The van der Waals surface area contributed by atoms with Gasteiger partial charge in [0.05, 0.1) is 5.69 Å². The second-order valence-corrected chi connectivity index (χ2v) is 4.58. The van der Waals surface area contributed by atoms with E-state index in [-0.39, 0.29) is 5.56 Å². The van der Waals surface area contributed by atoms with E-state index in [2.05, 4.69) is 20.2 Å². The summed E-state index contributed by atoms with van der Waals surface area (Å²) in [5.41, 5.74) is 0.775. The van der Waals surface area contributed by atoms with Gasteiger partial charge in [0.2, 0.25) is 0 Å². The number of aromatic carboxylic acids is 1. The number of carboxylic acids is 1. The number of hydrogen-bond donors (Lipinski definition) is 2. The van der Waals surface area contributed by atoms with E-state index in [0.717, 1.165) is 25.9 Å². The second kappa shape index (κ2) is 5.88. The molecule has 1 aromatic rings. The smallest absolute Gasteiger partial charge is 0.339 e. The van der Waals surface area contributed by atoms with Crippen molar-refractivity contribution >= 4 is 5.97 Å². The van der Waals surface area contributed by atoms with Gasteiger partial charge in [-0.1, -0.05) is 0 Å². The molecule has 0 radical (unpaired) electrons. The zero-order chi connectivity index (χ0) is 13.0. The van der Waals surface area contributed by atoms with Crippen molar-refractivity contribution in [1.82, 2.24) is 20.2 Å². The largest absolute Gasteiger partial charge is 0.478 e. The van der Waals surface area contributed by atoms with Crippen molar-refractivity contribution in [3.63, 3.8) is 0 Å². The minimum Gasteiger partial charge on any atom is -0.478 e. The van der Waals surface area contributed by atoms with Gasteiger partial charge in [0.25, 0.3) is 0 Å². The molecule has 1 aromatic heterocycles. The lowest BCUT2D eigenvalue weighted by molar-refractivity contribution is 0.0692. The van der Waals surface area contributed by atoms with Gasteiger partial charge in [-0.3, -0.25) is 4.90 Å². The normalized spacial score (nSPS) is 17.0. The van der Waals surface area contributed by atoms with E-state index in [1.807, 2.05) is 7.05 Å². The maximum atomic E-state index is 11.1. The van der Waals surface area contributed by atoms with Crippen molar-refractivity contribution in [2.24, 2.45) is 0 Å². The summed E-state index contributed by atoms with van der Waals surface area (Å²) in [7, 11) is 2.02. The number of hydrogen-bond acceptors (Lipinski definition) is 5. The highest BCUT2D eigenvalue weighted by Gasteiger charge is 2.20. The molecule has 1 aliphatic rings. The summed E-state index contributed by atoms with van der Waals surface area (Å²) < 4.78 is 0. The standard InChI is InChI=1S/C12H18N4O2/c1-16(9-2-4-13-5-3-9)7-11-10(12(17)18)6-14-8-15-11/h6,8-9,13H,2-5,7H2,1H3,(H,17,18). The highest BCUT2D eigenvalue weighted by molar-refractivity contribution is 5.88. The molecule has 2 N–H and O–H groups in total. The summed E-state index contributed by atoms with van der Waals surface area (Å²) in [6.45, 7) is 2.59. The van der Waals surface area contributed by atoms with E-state index in [9.17, 15) is 4.79 Å². The maximum Gasteiger partial charge on any atom is 0.339 e. The van der Waals surface area contributed by atoms with Crippen LogP contribution in [0.2, 0.25) is 0 Å². The topological polar surface area (TPSA) is 78.4 Å². The predicted molar refractivity (Wildman–Crippen MR) is 66.4 cm³/mol. The molecular weight excluding hydrogens is 232 g/mol. The number of carboxylic acid groups (broad SMARTS) is 1. The first-order valence-corrected chi connectivity index (χ1v) is 6.11. The van der Waals surface area contributed by atoms with Crippen molar-refractivity contribution in [2.75, 3.05) is 20.1 Å². The van der Waals surface area contributed by atoms with Crippen LogP contribution in [-0.4, -0.2) is 52.1 Å². The Labute approximate surface area is 106 Å². The number of piperidine rings is 1. The quantitative estimate of drug-likeness (QED) is 0.803. The Bertz CT molecular complexity index is 418. The van der Waals surface area contributed by atoms with E-state index in [0.29, 0.717) is 18.3 Å². The molecule has 2 heterocycles. The van der Waals surface area contributed by atoms with Gasteiger partial charge >= 0.3 is 5.97 Å². The summed E-state index contributed by atoms with van der Waals surface area (Å²) in [5.74, 6) is -0.968. The predicted octanol–water partition coefficient (Wildman–Crippen LogP) is 0.359. The fourth-order valence-electron chi connectivity index (χ4n) is 2.27. The molecule has 0 aliphatic carbocycles. The van der Waals surface area contributed by atoms with Crippen LogP contribution in [0, 0.1) is 0 Å². The van der Waals surface area contributed by atoms with Crippen molar-refractivity contribution in [3.05, 3.63) is 23.8 Å². The van der Waals surface area contributed by atoms with Crippen molar-refractivity contribution in [2.45, 2.75) is 25.4 Å². The third-order valence-electron chi connectivity index (χ3n) is 3.36. The molecule has 0 bridgehead atoms. The first-order valence-electron chi connectivity index (χ1n) is 6.11. The molecule has 0 aromatic carbocycles. The van der Waals surface area contributed by atoms with Gasteiger partial charge in [-0.15, -0.1) is 0 Å². The highest BCUT2D eigenvalue weighted by atomic mass is 16.4. The van der Waals surface area contributed by atoms with Gasteiger partial charge < -0.3 is 10.4 Å². The monoisotopic (exact) mass is 250 g/mol. The molecule has 1 aliphatic heterocycles. The average Bonchev–Trinajstić information content (AvgIpc) is 2.40. The van der Waals surface area contributed by atoms with Gasteiger partial charge in [-0.2, -0.15) is 0 Å². The lowest BCUT2D eigenvalue weighted by Gasteiger charge is -2.31. The van der Waals surface area contributed by atoms with Gasteiger partial charge in [-0.05, 0) is 33.0 Å². The molecule has 98 valence electrons. The molecule has 0 atom stereocenters. The van der Waals surface area contributed by atoms with E-state index in [1.165, 1.54) is 12.5 Å². The van der Waals surface area contributed by atoms with Crippen molar-refractivity contribution < 1.29 is 9.90 Å². The van der Waals surface area contributed by atoms with E-state index < -0.39 is 5.97 Å². The van der Waals surface area contributed by atoms with Crippen LogP contribution < -0.4 is 5.32 Å². The van der Waals surface area contributed by atoms with Crippen LogP contribution in [0.3, 0.4) is 0 Å². The Kier molecular flexibility index (Phi) is 4.22. The Balaban J connectivity index is 2.06. The number of carbonyl (C=O) groups is 1. The maximum absolute atomic E-state index is 11.1. The summed E-state index contributed by atoms with van der Waals surface area (Å²) in [6, 6.07) is 0.489. The summed E-state index contributed by atoms with van der Waals surface area (Å²) in [6.07, 6.45) is 4.94. The molecule has 6 nitrogen and oxygen atoms in total. The molecular formula is C12H18N4O2. The van der Waals surface area contributed by atoms with Crippen LogP contribution in [-0.2, 0) is 6.54 Å². The van der Waals surface area contributed by atoms with Crippen LogP contribution in [0.4, 0.5) is 0 Å². The Hall–Kier alpha value is -1.53. The van der Waals surface area contributed by atoms with Gasteiger partial charge in [0.1, 0.15) is 11.9 Å². The van der Waals surface area contributed by atoms with Gasteiger partial charge in [-0.25, -0.2) is 14.8 Å². The fraction of sp³-hybridized carbons (Fsp3) is 0.583. The SMILES string of the molecule is CN(Cc1ncncc1C(=O)O)C1CCNCC1. The first-order chi connectivity index (χ1) is 8.68. The third kappa shape index (κ3) is 3.02. The highest BCUT2D eigenvalue weighted by Crippen LogP contribution is 2.14. The average molecular weight is 250 g/mol. The molecule has 0 amide bonds. The number of nitrogens with zero attached hydrogens (tertiary/aromatic N) is 3. The third-order valence-corrected chi connectivity index (χ3v) is 3.36.